The van der Waals surface area contributed by atoms with Crippen LogP contribution in [-0.2, 0) is 73.6 Å². The van der Waals surface area contributed by atoms with Crippen molar-refractivity contribution in [2.45, 2.75) is 42.2 Å². The molecule has 0 unspecified atom stereocenters. The summed E-state index contributed by atoms with van der Waals surface area (Å²) in [5, 5.41) is 3.94. The predicted molar refractivity (Wildman–Crippen MR) is 235 cm³/mol. The van der Waals surface area contributed by atoms with Crippen LogP contribution in [0, 0.1) is 0 Å². The molecule has 0 saturated carbocycles. The summed E-state index contributed by atoms with van der Waals surface area (Å²) in [6, 6.07) is 10.9. The molecule has 0 aliphatic rings. The van der Waals surface area contributed by atoms with Gasteiger partial charge in [0.25, 0.3) is 60.7 Å². The van der Waals surface area contributed by atoms with Gasteiger partial charge in [-0.25, -0.2) is 9.97 Å². The van der Waals surface area contributed by atoms with Crippen LogP contribution in [0.5, 0.6) is 0 Å². The largest absolute Gasteiger partial charge is 0.324 e. The summed E-state index contributed by atoms with van der Waals surface area (Å²) in [6.07, 6.45) is 1.15. The van der Waals surface area contributed by atoms with Crippen molar-refractivity contribution in [2.24, 2.45) is 0 Å². The van der Waals surface area contributed by atoms with Crippen LogP contribution < -0.4 is 10.6 Å². The van der Waals surface area contributed by atoms with Gasteiger partial charge in [0.15, 0.2) is 0 Å². The molecular formula is C34H26Cl2N8O18S6. The Bertz CT molecular complexity index is 3550. The van der Waals surface area contributed by atoms with E-state index in [1.54, 1.807) is 0 Å². The van der Waals surface area contributed by atoms with Gasteiger partial charge in [0.1, 0.15) is 26.3 Å². The van der Waals surface area contributed by atoms with Gasteiger partial charge in [0, 0.05) is 18.5 Å². The van der Waals surface area contributed by atoms with Gasteiger partial charge in [-0.15, -0.1) is 0 Å². The zero-order valence-corrected chi connectivity index (χ0v) is 39.4. The molecule has 6 aromatic rings. The molecule has 0 radical (unpaired) electrons. The van der Waals surface area contributed by atoms with Gasteiger partial charge in [0.05, 0.1) is 20.4 Å². The summed E-state index contributed by atoms with van der Waals surface area (Å²) in [6.45, 7) is 0. The highest BCUT2D eigenvalue weighted by Gasteiger charge is 2.24. The summed E-state index contributed by atoms with van der Waals surface area (Å²) in [4.78, 5) is 18.9. The van der Waals surface area contributed by atoms with E-state index in [4.69, 9.17) is 23.2 Å². The van der Waals surface area contributed by atoms with Gasteiger partial charge in [-0.1, -0.05) is 30.4 Å². The quantitative estimate of drug-likeness (QED) is 0.0506. The number of hydrogen-bond acceptors (Lipinski definition) is 20. The minimum atomic E-state index is -5.07. The first-order valence-electron chi connectivity index (χ1n) is 17.7. The van der Waals surface area contributed by atoms with E-state index in [9.17, 15) is 77.8 Å². The Morgan fingerprint density at radius 2 is 0.897 bits per heavy atom. The van der Waals surface area contributed by atoms with Crippen LogP contribution in [0.2, 0.25) is 10.6 Å². The molecule has 0 fully saturated rings. The van der Waals surface area contributed by atoms with Crippen molar-refractivity contribution in [3.05, 3.63) is 117 Å². The second-order valence-corrected chi connectivity index (χ2v) is 22.6. The molecule has 34 heteroatoms. The second kappa shape index (κ2) is 19.0. The molecule has 2 aromatic heterocycles. The normalized spacial score (nSPS) is 12.9. The van der Waals surface area contributed by atoms with Gasteiger partial charge in [-0.2, -0.15) is 70.4 Å². The average molecular weight is 1100 g/mol. The van der Waals surface area contributed by atoms with E-state index >= 15 is 0 Å². The Balaban J connectivity index is 1.28. The minimum absolute atomic E-state index is 0.0936. The Morgan fingerprint density at radius 3 is 1.41 bits per heavy atom. The molecule has 0 aliphatic carbocycles. The summed E-state index contributed by atoms with van der Waals surface area (Å²) < 4.78 is 203. The Labute approximate surface area is 394 Å². The number of benzene rings is 4. The van der Waals surface area contributed by atoms with Crippen LogP contribution in [-0.4, -0.2) is 108 Å². The molecule has 0 atom stereocenters. The van der Waals surface area contributed by atoms with Gasteiger partial charge >= 0.3 is 0 Å². The van der Waals surface area contributed by atoms with E-state index in [1.807, 2.05) is 0 Å². The summed E-state index contributed by atoms with van der Waals surface area (Å²) >= 11 is 12.1. The number of halogens is 2. The fraction of sp³-hybridized carbons (Fsp3) is 0.0588. The molecule has 8 N–H and O–H groups in total. The molecule has 6 rings (SSSR count). The van der Waals surface area contributed by atoms with Gasteiger partial charge < -0.3 is 10.6 Å². The van der Waals surface area contributed by atoms with Crippen LogP contribution in [0.4, 0.5) is 23.3 Å². The maximum absolute atomic E-state index is 12.6. The third-order valence-corrected chi connectivity index (χ3v) is 14.5. The molecule has 26 nitrogen and oxygen atoms in total. The number of hydrogen-bond donors (Lipinski definition) is 8. The maximum Gasteiger partial charge on any atom is 0.296 e. The number of aromatic nitrogens is 6. The molecule has 0 aliphatic heterocycles. The topological polar surface area (TPSA) is 428 Å². The fourth-order valence-electron chi connectivity index (χ4n) is 5.96. The number of nitrogens with zero attached hydrogens (tertiary/aromatic N) is 6. The first-order valence-corrected chi connectivity index (χ1v) is 27.1. The Hall–Kier alpha value is -5.72. The molecule has 0 amide bonds. The SMILES string of the molecule is O=S(=O)(O)c1ccc(S(=O)(=O)O)c(Cc2nc(Cl)nc(Nc3ccc(/C=C/c4ccc(Cc5nc(Cl)nc(Nc6cc(S(=O)(=O)O)ccc6S(=O)(=O)O)n5)cc4S(=O)(=O)O)c(S(=O)(=O)O)c3)n2)c1. The Kier molecular flexibility index (Phi) is 14.4. The van der Waals surface area contributed by atoms with Crippen molar-refractivity contribution in [1.82, 2.24) is 29.9 Å². The smallest absolute Gasteiger partial charge is 0.296 e. The molecule has 4 aromatic carbocycles. The molecule has 68 heavy (non-hydrogen) atoms. The first kappa shape index (κ1) is 51.7. The lowest BCUT2D eigenvalue weighted by Gasteiger charge is -2.12. The zero-order chi connectivity index (χ0) is 50.4. The highest BCUT2D eigenvalue weighted by molar-refractivity contribution is 7.87. The minimum Gasteiger partial charge on any atom is -0.324 e. The lowest BCUT2D eigenvalue weighted by atomic mass is 10.1. The number of rotatable bonds is 16. The van der Waals surface area contributed by atoms with Crippen molar-refractivity contribution in [1.29, 1.82) is 0 Å². The molecule has 0 spiro atoms. The third kappa shape index (κ3) is 13.1. The lowest BCUT2D eigenvalue weighted by Crippen LogP contribution is -2.10. The first-order chi connectivity index (χ1) is 31.2. The van der Waals surface area contributed by atoms with Crippen molar-refractivity contribution in [2.75, 3.05) is 10.6 Å². The van der Waals surface area contributed by atoms with Crippen LogP contribution in [0.25, 0.3) is 12.2 Å². The highest BCUT2D eigenvalue weighted by Crippen LogP contribution is 2.30. The molecular weight excluding hydrogens is 1070 g/mol. The average Bonchev–Trinajstić information content (AvgIpc) is 3.18. The monoisotopic (exact) mass is 1100 g/mol. The highest BCUT2D eigenvalue weighted by atomic mass is 35.5. The van der Waals surface area contributed by atoms with Crippen molar-refractivity contribution in [3.63, 3.8) is 0 Å². The third-order valence-electron chi connectivity index (χ3n) is 8.75. The predicted octanol–water partition coefficient (Wildman–Crippen LogP) is 3.68. The van der Waals surface area contributed by atoms with E-state index in [1.165, 1.54) is 18.2 Å². The van der Waals surface area contributed by atoms with Crippen LogP contribution >= 0.6 is 23.2 Å². The maximum atomic E-state index is 12.6. The van der Waals surface area contributed by atoms with Gasteiger partial charge in [-0.05, 0) is 100 Å². The number of nitrogens with one attached hydrogen (secondary N) is 2. The van der Waals surface area contributed by atoms with E-state index in [0.29, 0.717) is 24.3 Å². The number of anilines is 4. The van der Waals surface area contributed by atoms with E-state index in [0.717, 1.165) is 42.5 Å². The van der Waals surface area contributed by atoms with Crippen molar-refractivity contribution < 1.29 is 77.8 Å². The fourth-order valence-corrected chi connectivity index (χ4v) is 10.1. The summed E-state index contributed by atoms with van der Waals surface area (Å²) in [5.41, 5.74) is -1.51. The standard InChI is InChI=1S/C34H26Cl2N8O18S6/c35-31-39-29(41-34(44-31)38-24-16-23(64(48,49)50)8-10-26(24)66(54,55)56)12-17-1-2-18(27(11-17)67(57,58)59)3-4-19-5-6-21(15-28(19)68(60,61)62)37-33-42-30(40-32(36)43-33)14-20-13-22(63(45,46)47)7-9-25(20)65(51,52)53/h1-11,13,15-16H,12,14H2,(H,45,46,47)(H,48,49,50)(H,51,52,53)(H,54,55,56)(H,57,58,59)(H,60,61,62)(H,37,40,42,43)(H,38,39,41,44)/b4-3+. The van der Waals surface area contributed by atoms with Crippen LogP contribution in [0.3, 0.4) is 0 Å². The van der Waals surface area contributed by atoms with E-state index < -0.39 is 130 Å². The van der Waals surface area contributed by atoms with Crippen LogP contribution in [0.1, 0.15) is 33.9 Å². The van der Waals surface area contributed by atoms with Crippen molar-refractivity contribution >= 4 is 119 Å². The lowest BCUT2D eigenvalue weighted by molar-refractivity contribution is 0.477. The van der Waals surface area contributed by atoms with Gasteiger partial charge in [-0.3, -0.25) is 27.3 Å². The Morgan fingerprint density at radius 1 is 0.441 bits per heavy atom. The molecule has 0 saturated heterocycles. The zero-order valence-electron chi connectivity index (χ0n) is 33.0. The van der Waals surface area contributed by atoms with Crippen LogP contribution in [0.15, 0.2) is 102 Å². The summed E-state index contributed by atoms with van der Waals surface area (Å²) in [7, 11) is -29.8. The molecule has 360 valence electrons. The van der Waals surface area contributed by atoms with Crippen molar-refractivity contribution in [3.8, 4) is 0 Å². The van der Waals surface area contributed by atoms with E-state index in [2.05, 4.69) is 40.5 Å². The van der Waals surface area contributed by atoms with Gasteiger partial charge in [0.2, 0.25) is 22.5 Å². The van der Waals surface area contributed by atoms with E-state index in [-0.39, 0.29) is 40.4 Å². The molecule has 2 heterocycles. The second-order valence-electron chi connectivity index (χ2n) is 13.5. The molecule has 0 bridgehead atoms. The summed E-state index contributed by atoms with van der Waals surface area (Å²) in [5.74, 6) is -1.44.